The van der Waals surface area contributed by atoms with E-state index in [1.54, 1.807) is 0 Å². The van der Waals surface area contributed by atoms with E-state index >= 15 is 0 Å². The number of carboxylic acid groups (broad SMARTS) is 1. The summed E-state index contributed by atoms with van der Waals surface area (Å²) in [5, 5.41) is 11.8. The molecule has 0 bridgehead atoms. The van der Waals surface area contributed by atoms with Crippen molar-refractivity contribution in [2.45, 2.75) is 25.9 Å². The van der Waals surface area contributed by atoms with Gasteiger partial charge in [-0.1, -0.05) is 30.3 Å². The highest BCUT2D eigenvalue weighted by atomic mass is 16.5. The molecule has 1 unspecified atom stereocenters. The summed E-state index contributed by atoms with van der Waals surface area (Å²) in [6, 6.07) is 9.58. The molecule has 0 radical (unpaired) electrons. The maximum atomic E-state index is 11.7. The molecule has 1 saturated heterocycles. The van der Waals surface area contributed by atoms with Crippen LogP contribution in [0.1, 0.15) is 24.8 Å². The molecule has 0 aromatic heterocycles. The maximum Gasteiger partial charge on any atom is 0.407 e. The second-order valence-corrected chi connectivity index (χ2v) is 6.48. The first-order valence-corrected chi connectivity index (χ1v) is 8.01. The zero-order chi connectivity index (χ0) is 16.3. The Morgan fingerprint density at radius 3 is 2.61 bits per heavy atom. The molecule has 1 aliphatic carbocycles. The Morgan fingerprint density at radius 2 is 1.96 bits per heavy atom. The Balaban J connectivity index is 1.36. The lowest BCUT2D eigenvalue weighted by atomic mass is 9.91. The lowest BCUT2D eigenvalue weighted by Gasteiger charge is -2.31. The van der Waals surface area contributed by atoms with Crippen LogP contribution in [0.4, 0.5) is 9.59 Å². The summed E-state index contributed by atoms with van der Waals surface area (Å²) in [6.07, 6.45) is 1.63. The minimum atomic E-state index is -0.834. The maximum absolute atomic E-state index is 11.7. The van der Waals surface area contributed by atoms with Gasteiger partial charge in [-0.05, 0) is 36.2 Å². The largest absolute Gasteiger partial charge is 0.465 e. The molecule has 1 spiro atoms. The van der Waals surface area contributed by atoms with Crippen molar-refractivity contribution in [3.05, 3.63) is 35.9 Å². The summed E-state index contributed by atoms with van der Waals surface area (Å²) >= 11 is 0. The van der Waals surface area contributed by atoms with Gasteiger partial charge in [-0.3, -0.25) is 0 Å². The van der Waals surface area contributed by atoms with Crippen LogP contribution in [-0.4, -0.2) is 41.8 Å². The van der Waals surface area contributed by atoms with Crippen molar-refractivity contribution >= 4 is 12.2 Å². The fourth-order valence-corrected chi connectivity index (χ4v) is 3.46. The first-order chi connectivity index (χ1) is 11.1. The van der Waals surface area contributed by atoms with E-state index in [0.717, 1.165) is 24.8 Å². The number of carbonyl (C=O) groups is 2. The number of benzene rings is 1. The minimum Gasteiger partial charge on any atom is -0.465 e. The van der Waals surface area contributed by atoms with Gasteiger partial charge in [0.1, 0.15) is 6.61 Å². The van der Waals surface area contributed by atoms with Crippen molar-refractivity contribution in [3.63, 3.8) is 0 Å². The van der Waals surface area contributed by atoms with Crippen LogP contribution >= 0.6 is 0 Å². The minimum absolute atomic E-state index is 0.235. The van der Waals surface area contributed by atoms with E-state index in [0.29, 0.717) is 25.6 Å². The summed E-state index contributed by atoms with van der Waals surface area (Å²) < 4.78 is 5.19. The van der Waals surface area contributed by atoms with Crippen molar-refractivity contribution in [1.29, 1.82) is 0 Å². The van der Waals surface area contributed by atoms with Gasteiger partial charge in [-0.2, -0.15) is 0 Å². The molecule has 2 N–H and O–H groups in total. The van der Waals surface area contributed by atoms with Gasteiger partial charge in [0.25, 0.3) is 0 Å². The molecule has 23 heavy (non-hydrogen) atoms. The number of hydrogen-bond donors (Lipinski definition) is 2. The normalized spacial score (nSPS) is 21.7. The van der Waals surface area contributed by atoms with E-state index in [1.807, 2.05) is 30.3 Å². The Morgan fingerprint density at radius 1 is 1.26 bits per heavy atom. The first kappa shape index (κ1) is 15.6. The molecule has 1 heterocycles. The number of nitrogens with zero attached hydrogens (tertiary/aromatic N) is 1. The van der Waals surface area contributed by atoms with Crippen LogP contribution in [0.3, 0.4) is 0 Å². The van der Waals surface area contributed by atoms with Gasteiger partial charge in [0.2, 0.25) is 0 Å². The zero-order valence-corrected chi connectivity index (χ0v) is 13.0. The number of ether oxygens (including phenoxy) is 1. The second-order valence-electron chi connectivity index (χ2n) is 6.48. The van der Waals surface area contributed by atoms with E-state index < -0.39 is 6.09 Å². The number of amides is 2. The van der Waals surface area contributed by atoms with Crippen LogP contribution in [0, 0.1) is 11.3 Å². The monoisotopic (exact) mass is 318 g/mol. The summed E-state index contributed by atoms with van der Waals surface area (Å²) in [4.78, 5) is 24.1. The lowest BCUT2D eigenvalue weighted by Crippen LogP contribution is -2.39. The lowest BCUT2D eigenvalue weighted by molar-refractivity contribution is 0.116. The average Bonchev–Trinajstić information content (AvgIpc) is 3.24. The molecule has 3 rings (SSSR count). The highest BCUT2D eigenvalue weighted by Crippen LogP contribution is 2.58. The molecule has 6 nitrogen and oxygen atoms in total. The molecule has 1 aliphatic heterocycles. The van der Waals surface area contributed by atoms with E-state index in [2.05, 4.69) is 5.32 Å². The second kappa shape index (κ2) is 6.48. The fourth-order valence-electron chi connectivity index (χ4n) is 3.46. The third-order valence-electron chi connectivity index (χ3n) is 5.09. The topological polar surface area (TPSA) is 78.9 Å². The summed E-state index contributed by atoms with van der Waals surface area (Å²) in [5.74, 6) is 0.447. The predicted octanol–water partition coefficient (Wildman–Crippen LogP) is 2.69. The molecular weight excluding hydrogens is 296 g/mol. The predicted molar refractivity (Wildman–Crippen MR) is 84.0 cm³/mol. The van der Waals surface area contributed by atoms with Gasteiger partial charge >= 0.3 is 12.2 Å². The molecular formula is C17H22N2O4. The van der Waals surface area contributed by atoms with Crippen LogP contribution in [0.25, 0.3) is 0 Å². The number of hydrogen-bond acceptors (Lipinski definition) is 3. The molecule has 1 aromatic rings. The quantitative estimate of drug-likeness (QED) is 0.894. The Kier molecular flexibility index (Phi) is 4.41. The fraction of sp³-hybridized carbons (Fsp3) is 0.529. The van der Waals surface area contributed by atoms with Crippen LogP contribution in [0.2, 0.25) is 0 Å². The number of piperidine rings is 1. The third kappa shape index (κ3) is 3.75. The smallest absolute Gasteiger partial charge is 0.407 e. The number of rotatable bonds is 4. The Labute approximate surface area is 135 Å². The number of carbonyl (C=O) groups excluding carboxylic acids is 1. The number of nitrogens with one attached hydrogen (secondary N) is 1. The molecule has 2 aliphatic rings. The molecule has 1 atom stereocenters. The first-order valence-electron chi connectivity index (χ1n) is 8.01. The molecule has 1 saturated carbocycles. The van der Waals surface area contributed by atoms with E-state index in [1.165, 1.54) is 4.90 Å². The average molecular weight is 318 g/mol. The van der Waals surface area contributed by atoms with Gasteiger partial charge in [-0.15, -0.1) is 0 Å². The van der Waals surface area contributed by atoms with Gasteiger partial charge in [0.05, 0.1) is 0 Å². The van der Waals surface area contributed by atoms with Crippen molar-refractivity contribution < 1.29 is 19.4 Å². The van der Waals surface area contributed by atoms with Gasteiger partial charge in [-0.25, -0.2) is 9.59 Å². The molecule has 1 aromatic carbocycles. The van der Waals surface area contributed by atoms with Crippen LogP contribution < -0.4 is 5.32 Å². The van der Waals surface area contributed by atoms with Crippen molar-refractivity contribution in [2.24, 2.45) is 11.3 Å². The number of alkyl carbamates (subject to hydrolysis) is 1. The number of likely N-dealkylation sites (tertiary alicyclic amines) is 1. The van der Waals surface area contributed by atoms with E-state index in [4.69, 9.17) is 9.84 Å². The SMILES string of the molecule is O=C(NCC1CC12CCN(C(=O)O)CC2)OCc1ccccc1. The van der Waals surface area contributed by atoms with E-state index in [9.17, 15) is 9.59 Å². The zero-order valence-electron chi connectivity index (χ0n) is 13.0. The molecule has 6 heteroatoms. The third-order valence-corrected chi connectivity index (χ3v) is 5.09. The molecule has 2 amide bonds. The van der Waals surface area contributed by atoms with Crippen LogP contribution in [-0.2, 0) is 11.3 Å². The van der Waals surface area contributed by atoms with Crippen molar-refractivity contribution in [3.8, 4) is 0 Å². The van der Waals surface area contributed by atoms with Crippen LogP contribution in [0.15, 0.2) is 30.3 Å². The highest BCUT2D eigenvalue weighted by molar-refractivity contribution is 5.67. The van der Waals surface area contributed by atoms with E-state index in [-0.39, 0.29) is 18.1 Å². The van der Waals surface area contributed by atoms with Crippen molar-refractivity contribution in [2.75, 3.05) is 19.6 Å². The summed E-state index contributed by atoms with van der Waals surface area (Å²) in [5.41, 5.74) is 1.20. The standard InChI is InChI=1S/C17H22N2O4/c20-15(23-12-13-4-2-1-3-5-13)18-11-14-10-17(14)6-8-19(9-7-17)16(21)22/h1-5,14H,6-12H2,(H,18,20)(H,21,22). The van der Waals surface area contributed by atoms with Crippen LogP contribution in [0.5, 0.6) is 0 Å². The highest BCUT2D eigenvalue weighted by Gasteiger charge is 2.54. The van der Waals surface area contributed by atoms with Gasteiger partial charge in [0.15, 0.2) is 0 Å². The molecule has 2 fully saturated rings. The van der Waals surface area contributed by atoms with Gasteiger partial charge in [0, 0.05) is 19.6 Å². The summed E-state index contributed by atoms with van der Waals surface area (Å²) in [6.45, 7) is 2.09. The summed E-state index contributed by atoms with van der Waals surface area (Å²) in [7, 11) is 0. The van der Waals surface area contributed by atoms with Gasteiger partial charge < -0.3 is 20.1 Å². The van der Waals surface area contributed by atoms with Crippen molar-refractivity contribution in [1.82, 2.24) is 10.2 Å². The Hall–Kier alpha value is -2.24. The molecule has 124 valence electrons. The Bertz CT molecular complexity index is 567.